The number of hydrazone groups is 1. The lowest BCUT2D eigenvalue weighted by Crippen LogP contribution is -2.13. The number of nitrogens with zero attached hydrogens (tertiary/aromatic N) is 4. The highest BCUT2D eigenvalue weighted by Crippen LogP contribution is 2.06. The number of para-hydroxylation sites is 1. The number of anilines is 1. The fourth-order valence-electron chi connectivity index (χ4n) is 1.04. The zero-order chi connectivity index (χ0) is 13.4. The average Bonchev–Trinajstić information content (AvgIpc) is 2.42. The molecule has 86 valence electrons. The lowest BCUT2D eigenvalue weighted by molar-refractivity contribution is 1.30. The van der Waals surface area contributed by atoms with Crippen LogP contribution in [0.15, 0.2) is 46.7 Å². The van der Waals surface area contributed by atoms with Gasteiger partial charge in [-0.25, -0.2) is 0 Å². The summed E-state index contributed by atoms with van der Waals surface area (Å²) >= 11 is 0. The van der Waals surface area contributed by atoms with Crippen LogP contribution in [-0.4, -0.2) is 5.71 Å². The molecule has 0 spiro atoms. The van der Waals surface area contributed by atoms with Crippen molar-refractivity contribution < 1.29 is 0 Å². The summed E-state index contributed by atoms with van der Waals surface area (Å²) in [5.41, 5.74) is 7.97. The highest BCUT2D eigenvalue weighted by Gasteiger charge is 2.09. The third-order valence-corrected chi connectivity index (χ3v) is 1.92. The van der Waals surface area contributed by atoms with Crippen molar-refractivity contribution in [1.29, 1.82) is 15.8 Å². The van der Waals surface area contributed by atoms with E-state index in [1.807, 2.05) is 6.07 Å². The minimum atomic E-state index is -0.342. The van der Waals surface area contributed by atoms with Gasteiger partial charge >= 0.3 is 0 Å². The fraction of sp³-hybridized carbons (Fsp3) is 0. The molecule has 0 heterocycles. The first-order valence-electron chi connectivity index (χ1n) is 4.82. The van der Waals surface area contributed by atoms with E-state index >= 15 is 0 Å². The summed E-state index contributed by atoms with van der Waals surface area (Å²) in [6, 6.07) is 13.8. The van der Waals surface area contributed by atoms with Crippen LogP contribution in [0, 0.1) is 34.0 Å². The highest BCUT2D eigenvalue weighted by molar-refractivity contribution is 6.12. The number of allylic oxidation sites excluding steroid dienone is 2. The Labute approximate surface area is 104 Å². The van der Waals surface area contributed by atoms with Crippen LogP contribution in [0.25, 0.3) is 0 Å². The van der Waals surface area contributed by atoms with Gasteiger partial charge in [0.25, 0.3) is 0 Å². The van der Waals surface area contributed by atoms with E-state index in [4.69, 9.17) is 21.5 Å². The van der Waals surface area contributed by atoms with E-state index < -0.39 is 0 Å². The fourth-order valence-corrected chi connectivity index (χ4v) is 1.04. The van der Waals surface area contributed by atoms with Gasteiger partial charge in [-0.2, -0.15) is 20.9 Å². The van der Waals surface area contributed by atoms with Crippen LogP contribution in [0.4, 0.5) is 5.69 Å². The van der Waals surface area contributed by atoms with Crippen LogP contribution >= 0.6 is 0 Å². The third kappa shape index (κ3) is 3.10. The van der Waals surface area contributed by atoms with E-state index in [9.17, 15) is 0 Å². The molecular formula is C12H8N6. The number of nitriles is 3. The molecule has 1 aromatic rings. The third-order valence-electron chi connectivity index (χ3n) is 1.92. The molecule has 0 atom stereocenters. The molecule has 0 amide bonds. The summed E-state index contributed by atoms with van der Waals surface area (Å²) in [6.07, 6.45) is 0. The predicted octanol–water partition coefficient (Wildman–Crippen LogP) is 1.24. The average molecular weight is 236 g/mol. The maximum absolute atomic E-state index is 8.86. The van der Waals surface area contributed by atoms with Gasteiger partial charge in [0.1, 0.15) is 18.2 Å². The lowest BCUT2D eigenvalue weighted by Gasteiger charge is -2.01. The second-order valence-electron chi connectivity index (χ2n) is 3.06. The molecule has 6 heteroatoms. The van der Waals surface area contributed by atoms with Gasteiger partial charge in [0.15, 0.2) is 11.3 Å². The van der Waals surface area contributed by atoms with E-state index in [0.717, 1.165) is 0 Å². The van der Waals surface area contributed by atoms with Gasteiger partial charge < -0.3 is 5.73 Å². The molecule has 0 aliphatic rings. The Hall–Kier alpha value is -3.30. The summed E-state index contributed by atoms with van der Waals surface area (Å²) in [5, 5.41) is 29.9. The van der Waals surface area contributed by atoms with Gasteiger partial charge in [-0.1, -0.05) is 18.2 Å². The minimum absolute atomic E-state index is 0.211. The first-order chi connectivity index (χ1) is 8.72. The molecule has 18 heavy (non-hydrogen) atoms. The number of rotatable bonds is 3. The Bertz CT molecular complexity index is 591. The number of nitrogens with one attached hydrogen (secondary N) is 1. The van der Waals surface area contributed by atoms with E-state index in [0.29, 0.717) is 5.69 Å². The smallest absolute Gasteiger partial charge is 0.185 e. The van der Waals surface area contributed by atoms with E-state index in [-0.39, 0.29) is 17.0 Å². The summed E-state index contributed by atoms with van der Waals surface area (Å²) in [6.45, 7) is 0. The van der Waals surface area contributed by atoms with Crippen LogP contribution < -0.4 is 11.2 Å². The standard InChI is InChI=1S/C12H8N6/c13-6-9(7-14)12(16)11(8-15)18-17-10-4-2-1-3-5-10/h1-5,17H,16H2. The molecule has 3 N–H and O–H groups in total. The highest BCUT2D eigenvalue weighted by atomic mass is 15.3. The summed E-state index contributed by atoms with van der Waals surface area (Å²) in [4.78, 5) is 0. The number of hydrogen-bond donors (Lipinski definition) is 2. The van der Waals surface area contributed by atoms with Crippen LogP contribution in [0.2, 0.25) is 0 Å². The van der Waals surface area contributed by atoms with Gasteiger partial charge in [-0.05, 0) is 12.1 Å². The quantitative estimate of drug-likeness (QED) is 0.464. The normalized spacial score (nSPS) is 9.50. The van der Waals surface area contributed by atoms with Gasteiger partial charge in [0.05, 0.1) is 11.4 Å². The van der Waals surface area contributed by atoms with Crippen molar-refractivity contribution in [2.24, 2.45) is 10.8 Å². The van der Waals surface area contributed by atoms with Crippen molar-refractivity contribution in [3.63, 3.8) is 0 Å². The van der Waals surface area contributed by atoms with Crippen molar-refractivity contribution >= 4 is 11.4 Å². The van der Waals surface area contributed by atoms with Crippen molar-refractivity contribution in [2.45, 2.75) is 0 Å². The maximum atomic E-state index is 8.86. The molecule has 0 saturated heterocycles. The zero-order valence-electron chi connectivity index (χ0n) is 9.25. The van der Waals surface area contributed by atoms with Gasteiger partial charge in [-0.15, -0.1) is 0 Å². The van der Waals surface area contributed by atoms with E-state index in [1.165, 1.54) is 0 Å². The molecule has 0 aliphatic heterocycles. The molecule has 0 bridgehead atoms. The molecule has 0 fully saturated rings. The molecule has 0 aromatic heterocycles. The molecule has 0 saturated carbocycles. The molecule has 6 nitrogen and oxygen atoms in total. The molecular weight excluding hydrogens is 228 g/mol. The molecule has 0 unspecified atom stereocenters. The Morgan fingerprint density at radius 2 is 1.67 bits per heavy atom. The van der Waals surface area contributed by atoms with Crippen molar-refractivity contribution in [1.82, 2.24) is 0 Å². The van der Waals surface area contributed by atoms with Crippen molar-refractivity contribution in [2.75, 3.05) is 5.43 Å². The molecule has 1 aromatic carbocycles. The van der Waals surface area contributed by atoms with E-state index in [1.54, 1.807) is 42.5 Å². The number of nitrogens with two attached hydrogens (primary N) is 1. The summed E-state index contributed by atoms with van der Waals surface area (Å²) in [7, 11) is 0. The van der Waals surface area contributed by atoms with Crippen LogP contribution in [0.1, 0.15) is 0 Å². The Kier molecular flexibility index (Phi) is 4.48. The first-order valence-corrected chi connectivity index (χ1v) is 4.82. The number of benzene rings is 1. The summed E-state index contributed by atoms with van der Waals surface area (Å²) < 4.78 is 0. The molecule has 0 radical (unpaired) electrons. The maximum Gasteiger partial charge on any atom is 0.185 e. The van der Waals surface area contributed by atoms with Crippen LogP contribution in [0.5, 0.6) is 0 Å². The molecule has 1 rings (SSSR count). The second-order valence-corrected chi connectivity index (χ2v) is 3.06. The predicted molar refractivity (Wildman–Crippen MR) is 65.6 cm³/mol. The van der Waals surface area contributed by atoms with Crippen LogP contribution in [0.3, 0.4) is 0 Å². The van der Waals surface area contributed by atoms with Crippen LogP contribution in [-0.2, 0) is 0 Å². The number of hydrogen-bond acceptors (Lipinski definition) is 6. The topological polar surface area (TPSA) is 122 Å². The van der Waals surface area contributed by atoms with Crippen molar-refractivity contribution in [3.8, 4) is 18.2 Å². The van der Waals surface area contributed by atoms with Gasteiger partial charge in [0, 0.05) is 0 Å². The van der Waals surface area contributed by atoms with E-state index in [2.05, 4.69) is 10.5 Å². The summed E-state index contributed by atoms with van der Waals surface area (Å²) in [5.74, 6) is 0. The Balaban J connectivity index is 3.01. The first kappa shape index (κ1) is 12.8. The van der Waals surface area contributed by atoms with Gasteiger partial charge in [0.2, 0.25) is 0 Å². The monoisotopic (exact) mass is 236 g/mol. The van der Waals surface area contributed by atoms with Gasteiger partial charge in [-0.3, -0.25) is 5.43 Å². The second kappa shape index (κ2) is 6.32. The minimum Gasteiger partial charge on any atom is -0.395 e. The SMILES string of the molecule is N#CC(=NNc1ccccc1)C(N)=C(C#N)C#N. The van der Waals surface area contributed by atoms with Crippen molar-refractivity contribution in [3.05, 3.63) is 41.6 Å². The Morgan fingerprint density at radius 3 is 2.17 bits per heavy atom. The molecule has 0 aliphatic carbocycles. The zero-order valence-corrected chi connectivity index (χ0v) is 9.25. The Morgan fingerprint density at radius 1 is 1.06 bits per heavy atom. The largest absolute Gasteiger partial charge is 0.395 e. The lowest BCUT2D eigenvalue weighted by atomic mass is 10.2.